The van der Waals surface area contributed by atoms with E-state index < -0.39 is 0 Å². The first kappa shape index (κ1) is 14.1. The Kier molecular flexibility index (Phi) is 4.42. The predicted octanol–water partition coefficient (Wildman–Crippen LogP) is 4.35. The molecule has 0 bridgehead atoms. The van der Waals surface area contributed by atoms with Crippen molar-refractivity contribution in [2.45, 2.75) is 0 Å². The maximum atomic E-state index is 5.89. The van der Waals surface area contributed by atoms with Gasteiger partial charge in [-0.05, 0) is 18.2 Å². The summed E-state index contributed by atoms with van der Waals surface area (Å²) in [6.07, 6.45) is 0. The highest BCUT2D eigenvalue weighted by molar-refractivity contribution is 6.30. The van der Waals surface area contributed by atoms with Crippen LogP contribution in [0.2, 0.25) is 5.02 Å². The molecule has 0 spiro atoms. The lowest BCUT2D eigenvalue weighted by Crippen LogP contribution is -1.93. The van der Waals surface area contributed by atoms with Crippen molar-refractivity contribution >= 4 is 28.7 Å². The number of nitrogens with two attached hydrogens (primary N) is 1. The first-order valence-corrected chi connectivity index (χ1v) is 6.20. The summed E-state index contributed by atoms with van der Waals surface area (Å²) in [5.74, 6) is 1.04. The third-order valence-corrected chi connectivity index (χ3v) is 2.85. The number of anilines is 1. The maximum Gasteiger partial charge on any atom is 0.148 e. The van der Waals surface area contributed by atoms with Crippen molar-refractivity contribution in [3.05, 3.63) is 41.4 Å². The highest BCUT2D eigenvalue weighted by atomic mass is 35.5. The van der Waals surface area contributed by atoms with E-state index in [1.807, 2.05) is 0 Å². The Morgan fingerprint density at radius 2 is 1.75 bits per heavy atom. The molecule has 0 aromatic heterocycles. The van der Waals surface area contributed by atoms with Gasteiger partial charge in [0.1, 0.15) is 17.2 Å². The number of rotatable bonds is 4. The third-order valence-electron chi connectivity index (χ3n) is 2.61. The number of nitrogens with zero attached hydrogens (tertiary/aromatic N) is 2. The summed E-state index contributed by atoms with van der Waals surface area (Å²) in [7, 11) is 3.08. The molecule has 0 unspecified atom stereocenters. The number of nitrogen functional groups attached to an aromatic ring is 1. The van der Waals surface area contributed by atoms with Gasteiger partial charge in [-0.1, -0.05) is 17.7 Å². The van der Waals surface area contributed by atoms with E-state index in [0.717, 1.165) is 0 Å². The molecule has 0 aliphatic rings. The molecule has 2 N–H and O–H groups in total. The van der Waals surface area contributed by atoms with Crippen LogP contribution in [0.3, 0.4) is 0 Å². The summed E-state index contributed by atoms with van der Waals surface area (Å²) in [5, 5.41) is 8.86. The van der Waals surface area contributed by atoms with Gasteiger partial charge in [-0.15, -0.1) is 5.11 Å². The average Bonchev–Trinajstić information content (AvgIpc) is 2.45. The van der Waals surface area contributed by atoms with E-state index in [-0.39, 0.29) is 0 Å². The summed E-state index contributed by atoms with van der Waals surface area (Å²) in [6, 6.07) is 10.4. The summed E-state index contributed by atoms with van der Waals surface area (Å²) >= 11 is 5.89. The summed E-state index contributed by atoms with van der Waals surface area (Å²) in [6.45, 7) is 0. The second-order valence-corrected chi connectivity index (χ2v) is 4.38. The van der Waals surface area contributed by atoms with Gasteiger partial charge in [0.15, 0.2) is 0 Å². The van der Waals surface area contributed by atoms with Crippen LogP contribution in [0.5, 0.6) is 11.5 Å². The molecule has 5 nitrogen and oxygen atoms in total. The minimum absolute atomic E-state index is 0.478. The third kappa shape index (κ3) is 3.19. The van der Waals surface area contributed by atoms with Crippen molar-refractivity contribution in [2.75, 3.05) is 20.0 Å². The van der Waals surface area contributed by atoms with Crippen LogP contribution >= 0.6 is 11.6 Å². The maximum absolute atomic E-state index is 5.89. The smallest absolute Gasteiger partial charge is 0.148 e. The first-order valence-electron chi connectivity index (χ1n) is 5.83. The summed E-state index contributed by atoms with van der Waals surface area (Å²) in [5.41, 5.74) is 7.46. The Balaban J connectivity index is 2.37. The lowest BCUT2D eigenvalue weighted by atomic mass is 10.2. The highest BCUT2D eigenvalue weighted by Gasteiger charge is 2.08. The molecule has 0 radical (unpaired) electrons. The number of methoxy groups -OCH3 is 2. The monoisotopic (exact) mass is 291 g/mol. The second kappa shape index (κ2) is 6.25. The van der Waals surface area contributed by atoms with Gasteiger partial charge in [0.2, 0.25) is 0 Å². The molecule has 0 aliphatic carbocycles. The van der Waals surface area contributed by atoms with Crippen LogP contribution in [0.4, 0.5) is 17.1 Å². The van der Waals surface area contributed by atoms with Crippen molar-refractivity contribution in [3.63, 3.8) is 0 Å². The van der Waals surface area contributed by atoms with Crippen molar-refractivity contribution < 1.29 is 9.47 Å². The zero-order valence-electron chi connectivity index (χ0n) is 11.1. The van der Waals surface area contributed by atoms with Gasteiger partial charge in [0.25, 0.3) is 0 Å². The van der Waals surface area contributed by atoms with E-state index in [1.54, 1.807) is 43.5 Å². The summed E-state index contributed by atoms with van der Waals surface area (Å²) < 4.78 is 10.4. The van der Waals surface area contributed by atoms with E-state index in [0.29, 0.717) is 33.6 Å². The quantitative estimate of drug-likeness (QED) is 0.672. The fraction of sp³-hybridized carbons (Fsp3) is 0.143. The number of hydrogen-bond donors (Lipinski definition) is 1. The van der Waals surface area contributed by atoms with Crippen molar-refractivity contribution in [1.82, 2.24) is 0 Å². The Labute approximate surface area is 122 Å². The van der Waals surface area contributed by atoms with Crippen LogP contribution < -0.4 is 15.2 Å². The fourth-order valence-corrected chi connectivity index (χ4v) is 1.82. The molecule has 0 aliphatic heterocycles. The predicted molar refractivity (Wildman–Crippen MR) is 79.6 cm³/mol. The molecule has 20 heavy (non-hydrogen) atoms. The standard InChI is InChI=1S/C14H14ClN3O2/c1-19-13-8-12(14(20-2)7-11(13)16)18-17-10-5-3-4-9(15)6-10/h3-8H,16H2,1-2H3. The molecule has 0 saturated heterocycles. The van der Waals surface area contributed by atoms with Crippen LogP contribution in [0.15, 0.2) is 46.6 Å². The molecule has 0 atom stereocenters. The van der Waals surface area contributed by atoms with E-state index >= 15 is 0 Å². The van der Waals surface area contributed by atoms with Crippen molar-refractivity contribution in [2.24, 2.45) is 10.2 Å². The van der Waals surface area contributed by atoms with Gasteiger partial charge in [0.05, 0.1) is 25.6 Å². The van der Waals surface area contributed by atoms with Crippen molar-refractivity contribution in [3.8, 4) is 11.5 Å². The minimum atomic E-state index is 0.478. The zero-order chi connectivity index (χ0) is 14.5. The number of benzene rings is 2. The van der Waals surface area contributed by atoms with E-state index in [2.05, 4.69) is 10.2 Å². The van der Waals surface area contributed by atoms with E-state index in [9.17, 15) is 0 Å². The van der Waals surface area contributed by atoms with Gasteiger partial charge in [-0.25, -0.2) is 0 Å². The molecule has 2 aromatic carbocycles. The van der Waals surface area contributed by atoms with E-state index in [1.165, 1.54) is 7.11 Å². The average molecular weight is 292 g/mol. The minimum Gasteiger partial charge on any atom is -0.495 e. The van der Waals surface area contributed by atoms with Crippen LogP contribution in [0.1, 0.15) is 0 Å². The molecule has 0 amide bonds. The Bertz CT molecular complexity index is 644. The number of azo groups is 1. The van der Waals surface area contributed by atoms with Crippen molar-refractivity contribution in [1.29, 1.82) is 0 Å². The normalized spacial score (nSPS) is 10.8. The second-order valence-electron chi connectivity index (χ2n) is 3.95. The highest BCUT2D eigenvalue weighted by Crippen LogP contribution is 2.37. The molecular weight excluding hydrogens is 278 g/mol. The van der Waals surface area contributed by atoms with Crippen LogP contribution in [0, 0.1) is 0 Å². The topological polar surface area (TPSA) is 69.2 Å². The molecule has 0 saturated carbocycles. The zero-order valence-corrected chi connectivity index (χ0v) is 11.9. The lowest BCUT2D eigenvalue weighted by molar-refractivity contribution is 0.406. The van der Waals surface area contributed by atoms with Crippen LogP contribution in [-0.4, -0.2) is 14.2 Å². The Morgan fingerprint density at radius 1 is 1.00 bits per heavy atom. The molecule has 0 heterocycles. The van der Waals surface area contributed by atoms with Gasteiger partial charge in [-0.3, -0.25) is 0 Å². The van der Waals surface area contributed by atoms with Gasteiger partial charge in [-0.2, -0.15) is 5.11 Å². The fourth-order valence-electron chi connectivity index (χ4n) is 1.63. The molecule has 104 valence electrons. The van der Waals surface area contributed by atoms with Gasteiger partial charge >= 0.3 is 0 Å². The van der Waals surface area contributed by atoms with Gasteiger partial charge in [0, 0.05) is 17.2 Å². The number of ether oxygens (including phenoxy) is 2. The Hall–Kier alpha value is -2.27. The molecule has 0 fully saturated rings. The SMILES string of the molecule is COc1cc(N=Nc2cccc(Cl)c2)c(OC)cc1N. The molecule has 2 rings (SSSR count). The largest absolute Gasteiger partial charge is 0.495 e. The number of halogens is 1. The molecular formula is C14H14ClN3O2. The first-order chi connectivity index (χ1) is 9.63. The molecule has 6 heteroatoms. The van der Waals surface area contributed by atoms with E-state index in [4.69, 9.17) is 26.8 Å². The molecule has 2 aromatic rings. The summed E-state index contributed by atoms with van der Waals surface area (Å²) in [4.78, 5) is 0. The van der Waals surface area contributed by atoms with Crippen LogP contribution in [-0.2, 0) is 0 Å². The van der Waals surface area contributed by atoms with Gasteiger partial charge < -0.3 is 15.2 Å². The lowest BCUT2D eigenvalue weighted by Gasteiger charge is -2.09. The number of hydrogen-bond acceptors (Lipinski definition) is 5. The Morgan fingerprint density at radius 3 is 2.40 bits per heavy atom. The van der Waals surface area contributed by atoms with Crippen LogP contribution in [0.25, 0.3) is 0 Å².